The van der Waals surface area contributed by atoms with Gasteiger partial charge in [0.25, 0.3) is 0 Å². The first kappa shape index (κ1) is 17.4. The summed E-state index contributed by atoms with van der Waals surface area (Å²) >= 11 is 4.82. The fourth-order valence-electron chi connectivity index (χ4n) is 2.40. The van der Waals surface area contributed by atoms with Crippen LogP contribution in [0.2, 0.25) is 0 Å². The molecule has 0 fully saturated rings. The molecule has 26 heavy (non-hydrogen) atoms. The summed E-state index contributed by atoms with van der Waals surface area (Å²) in [5.41, 5.74) is 3.43. The molecule has 0 radical (unpaired) electrons. The molecule has 0 aliphatic rings. The Morgan fingerprint density at radius 3 is 2.73 bits per heavy atom. The lowest BCUT2D eigenvalue weighted by molar-refractivity contribution is 0.950. The number of aromatic nitrogens is 4. The number of anilines is 1. The lowest BCUT2D eigenvalue weighted by Gasteiger charge is -1.98. The number of rotatable bonds is 6. The summed E-state index contributed by atoms with van der Waals surface area (Å²) in [6.45, 7) is 5.13. The molecule has 0 aliphatic carbocycles. The van der Waals surface area contributed by atoms with Crippen LogP contribution >= 0.6 is 34.4 Å². The number of hydrogen-bond acceptors (Lipinski definition) is 8. The third kappa shape index (κ3) is 3.72. The summed E-state index contributed by atoms with van der Waals surface area (Å²) < 4.78 is 1.97. The Bertz CT molecular complexity index is 1020. The van der Waals surface area contributed by atoms with E-state index < -0.39 is 0 Å². The number of benzene rings is 1. The molecule has 3 heterocycles. The molecule has 0 spiro atoms. The zero-order chi connectivity index (χ0) is 17.9. The van der Waals surface area contributed by atoms with Crippen LogP contribution in [0.25, 0.3) is 20.7 Å². The van der Waals surface area contributed by atoms with Crippen LogP contribution in [0.5, 0.6) is 0 Å². The molecule has 0 aliphatic heterocycles. The molecule has 1 N–H and O–H groups in total. The molecule has 0 atom stereocenters. The average Bonchev–Trinajstić information content (AvgIpc) is 3.28. The van der Waals surface area contributed by atoms with Crippen molar-refractivity contribution >= 4 is 49.8 Å². The summed E-state index contributed by atoms with van der Waals surface area (Å²) in [5.74, 6) is 0. The van der Waals surface area contributed by atoms with E-state index in [1.807, 2.05) is 0 Å². The van der Waals surface area contributed by atoms with Crippen molar-refractivity contribution in [3.05, 3.63) is 42.2 Å². The van der Waals surface area contributed by atoms with Gasteiger partial charge in [-0.1, -0.05) is 48.1 Å². The zero-order valence-electron chi connectivity index (χ0n) is 14.4. The second-order valence-corrected chi connectivity index (χ2v) is 9.04. The van der Waals surface area contributed by atoms with Gasteiger partial charge in [0.2, 0.25) is 5.13 Å². The van der Waals surface area contributed by atoms with Crippen molar-refractivity contribution in [1.82, 2.24) is 20.2 Å². The minimum atomic E-state index is 0.853. The molecule has 132 valence electrons. The first-order valence-electron chi connectivity index (χ1n) is 8.29. The Morgan fingerprint density at radius 2 is 1.92 bits per heavy atom. The second kappa shape index (κ2) is 7.69. The molecule has 4 aromatic rings. The van der Waals surface area contributed by atoms with E-state index in [1.54, 1.807) is 40.8 Å². The van der Waals surface area contributed by atoms with Gasteiger partial charge in [-0.2, -0.15) is 0 Å². The van der Waals surface area contributed by atoms with Gasteiger partial charge in [0.1, 0.15) is 11.4 Å². The topological polar surface area (TPSA) is 63.6 Å². The molecular formula is C18H17N5S3. The van der Waals surface area contributed by atoms with Crippen LogP contribution in [0, 0.1) is 6.92 Å². The zero-order valence-corrected chi connectivity index (χ0v) is 16.8. The molecule has 0 unspecified atom stereocenters. The van der Waals surface area contributed by atoms with Gasteiger partial charge in [-0.15, -0.1) is 21.5 Å². The highest BCUT2D eigenvalue weighted by Crippen LogP contribution is 2.40. The van der Waals surface area contributed by atoms with Crippen LogP contribution < -0.4 is 5.32 Å². The predicted octanol–water partition coefficient (Wildman–Crippen LogP) is 5.49. The van der Waals surface area contributed by atoms with E-state index in [-0.39, 0.29) is 0 Å². The van der Waals surface area contributed by atoms with Gasteiger partial charge < -0.3 is 5.32 Å². The van der Waals surface area contributed by atoms with Crippen molar-refractivity contribution in [2.24, 2.45) is 0 Å². The number of hydrogen-bond donors (Lipinski definition) is 1. The van der Waals surface area contributed by atoms with Crippen molar-refractivity contribution in [3.63, 3.8) is 0 Å². The Balaban J connectivity index is 1.63. The van der Waals surface area contributed by atoms with E-state index in [0.29, 0.717) is 0 Å². The molecule has 0 amide bonds. The van der Waals surface area contributed by atoms with Crippen molar-refractivity contribution in [1.29, 1.82) is 0 Å². The molecule has 8 heteroatoms. The van der Waals surface area contributed by atoms with Crippen molar-refractivity contribution in [3.8, 4) is 10.4 Å². The van der Waals surface area contributed by atoms with Gasteiger partial charge in [-0.05, 0) is 36.7 Å². The first-order valence-corrected chi connectivity index (χ1v) is 10.7. The maximum Gasteiger partial charge on any atom is 0.206 e. The van der Waals surface area contributed by atoms with Crippen LogP contribution in [0.4, 0.5) is 5.13 Å². The lowest BCUT2D eigenvalue weighted by Crippen LogP contribution is -1.98. The fourth-order valence-corrected chi connectivity index (χ4v) is 5.34. The second-order valence-electron chi connectivity index (χ2n) is 5.77. The van der Waals surface area contributed by atoms with E-state index >= 15 is 0 Å². The van der Waals surface area contributed by atoms with E-state index in [4.69, 9.17) is 0 Å². The third-order valence-corrected chi connectivity index (χ3v) is 6.98. The number of aryl methyl sites for hydroxylation is 1. The van der Waals surface area contributed by atoms with E-state index in [1.165, 1.54) is 16.0 Å². The Morgan fingerprint density at radius 1 is 1.08 bits per heavy atom. The minimum Gasteiger partial charge on any atom is -0.360 e. The molecule has 3 aromatic heterocycles. The van der Waals surface area contributed by atoms with E-state index in [2.05, 4.69) is 69.7 Å². The maximum atomic E-state index is 4.48. The van der Waals surface area contributed by atoms with Crippen LogP contribution in [-0.2, 0) is 0 Å². The summed E-state index contributed by atoms with van der Waals surface area (Å²) in [7, 11) is 0. The Labute approximate surface area is 163 Å². The molecule has 1 aromatic carbocycles. The van der Waals surface area contributed by atoms with Gasteiger partial charge in [0, 0.05) is 11.4 Å². The highest BCUT2D eigenvalue weighted by molar-refractivity contribution is 8.01. The normalized spacial score (nSPS) is 11.2. The lowest BCUT2D eigenvalue weighted by atomic mass is 10.1. The highest BCUT2D eigenvalue weighted by Gasteiger charge is 2.14. The number of thiophene rings is 1. The molecule has 0 saturated carbocycles. The number of nitrogens with zero attached hydrogens (tertiary/aromatic N) is 4. The van der Waals surface area contributed by atoms with E-state index in [9.17, 15) is 0 Å². The number of nitrogens with one attached hydrogen (secondary N) is 1. The predicted molar refractivity (Wildman–Crippen MR) is 110 cm³/mol. The largest absolute Gasteiger partial charge is 0.360 e. The summed E-state index contributed by atoms with van der Waals surface area (Å²) in [5, 5.41) is 13.5. The van der Waals surface area contributed by atoms with Crippen molar-refractivity contribution in [2.75, 3.05) is 11.9 Å². The van der Waals surface area contributed by atoms with Gasteiger partial charge >= 0.3 is 0 Å². The average molecular weight is 400 g/mol. The standard InChI is InChI=1S/C18H17N5S3/c1-3-8-19-17-22-23-18(26-17)25-16-15-13(20-10-21-16)9-14(24-15)12-6-4-11(2)5-7-12/h4-7,9-10H,3,8H2,1-2H3,(H,19,22). The molecule has 4 rings (SSSR count). The summed E-state index contributed by atoms with van der Waals surface area (Å²) in [6.07, 6.45) is 2.68. The third-order valence-electron chi connectivity index (χ3n) is 3.73. The molecule has 5 nitrogen and oxygen atoms in total. The van der Waals surface area contributed by atoms with Gasteiger partial charge in [0.05, 0.1) is 10.2 Å². The highest BCUT2D eigenvalue weighted by atomic mass is 32.2. The van der Waals surface area contributed by atoms with Gasteiger partial charge in [0.15, 0.2) is 4.34 Å². The monoisotopic (exact) mass is 399 g/mol. The van der Waals surface area contributed by atoms with Crippen molar-refractivity contribution < 1.29 is 0 Å². The van der Waals surface area contributed by atoms with E-state index in [0.717, 1.165) is 37.7 Å². The first-order chi connectivity index (χ1) is 12.7. The van der Waals surface area contributed by atoms with Crippen LogP contribution in [0.3, 0.4) is 0 Å². The van der Waals surface area contributed by atoms with Crippen LogP contribution in [0.15, 0.2) is 46.0 Å². The van der Waals surface area contributed by atoms with Crippen molar-refractivity contribution in [2.45, 2.75) is 29.6 Å². The van der Waals surface area contributed by atoms with Gasteiger partial charge in [-0.25, -0.2) is 9.97 Å². The minimum absolute atomic E-state index is 0.853. The fraction of sp³-hybridized carbons (Fsp3) is 0.222. The van der Waals surface area contributed by atoms with Crippen LogP contribution in [-0.4, -0.2) is 26.7 Å². The molecule has 0 saturated heterocycles. The summed E-state index contributed by atoms with van der Waals surface area (Å²) in [4.78, 5) is 10.1. The SMILES string of the molecule is CCCNc1nnc(Sc2ncnc3cc(-c4ccc(C)cc4)sc23)s1. The molecular weight excluding hydrogens is 382 g/mol. The smallest absolute Gasteiger partial charge is 0.206 e. The molecule has 0 bridgehead atoms. The Hall–Kier alpha value is -2.03. The van der Waals surface area contributed by atoms with Gasteiger partial charge in [-0.3, -0.25) is 0 Å². The summed E-state index contributed by atoms with van der Waals surface area (Å²) in [6, 6.07) is 10.7. The maximum absolute atomic E-state index is 4.48. The Kier molecular flexibility index (Phi) is 5.14. The van der Waals surface area contributed by atoms with Crippen LogP contribution in [0.1, 0.15) is 18.9 Å². The quantitative estimate of drug-likeness (QED) is 0.432. The number of fused-ring (bicyclic) bond motifs is 1.